The molecule has 11 atom stereocenters. The zero-order valence-electron chi connectivity index (χ0n) is 18.4. The van der Waals surface area contributed by atoms with E-state index >= 15 is 0 Å². The van der Waals surface area contributed by atoms with Gasteiger partial charge in [-0.3, -0.25) is 4.79 Å². The lowest BCUT2D eigenvalue weighted by molar-refractivity contribution is -0.300. The van der Waals surface area contributed by atoms with Crippen LogP contribution in [0.2, 0.25) is 0 Å². The van der Waals surface area contributed by atoms with Gasteiger partial charge in [-0.1, -0.05) is 13.8 Å². The Kier molecular flexibility index (Phi) is 7.03. The number of carbonyl (C=O) groups excluding carboxylic acids is 1. The molecule has 1 saturated carbocycles. The molecule has 12 heteroatoms. The quantitative estimate of drug-likeness (QED) is 0.158. The van der Waals surface area contributed by atoms with Crippen molar-refractivity contribution in [1.82, 2.24) is 0 Å². The van der Waals surface area contributed by atoms with Crippen molar-refractivity contribution < 1.29 is 59.1 Å². The minimum atomic E-state index is -1.69. The predicted octanol–water partition coefficient (Wildman–Crippen LogP) is -2.63. The minimum absolute atomic E-state index is 0.0620. The Hall–Kier alpha value is -1.35. The number of carbonyl (C=O) groups is 1. The van der Waals surface area contributed by atoms with E-state index in [-0.39, 0.29) is 18.9 Å². The Labute approximate surface area is 190 Å². The van der Waals surface area contributed by atoms with Crippen LogP contribution in [0.4, 0.5) is 0 Å². The van der Waals surface area contributed by atoms with Gasteiger partial charge in [0, 0.05) is 12.3 Å². The Morgan fingerprint density at radius 1 is 1.12 bits per heavy atom. The molecule has 6 N–H and O–H groups in total. The second-order valence-electron chi connectivity index (χ2n) is 9.52. The SMILES string of the molecule is CC(C)CC(=O)OC1OC=C(COC2OC(CO)C(O)C(O)C2O)C2C3OC3C(O)(CO)C12. The molecule has 0 aromatic carbocycles. The molecule has 3 fully saturated rings. The summed E-state index contributed by atoms with van der Waals surface area (Å²) in [5, 5.41) is 60.4. The van der Waals surface area contributed by atoms with Crippen LogP contribution in [0.5, 0.6) is 0 Å². The van der Waals surface area contributed by atoms with Crippen molar-refractivity contribution in [1.29, 1.82) is 0 Å². The molecule has 0 amide bonds. The first-order chi connectivity index (χ1) is 15.6. The van der Waals surface area contributed by atoms with E-state index in [9.17, 15) is 35.4 Å². The normalized spacial score (nSPS) is 46.3. The number of esters is 1. The van der Waals surface area contributed by atoms with Crippen LogP contribution < -0.4 is 0 Å². The molecule has 1 aliphatic carbocycles. The Morgan fingerprint density at radius 2 is 1.85 bits per heavy atom. The van der Waals surface area contributed by atoms with Gasteiger partial charge < -0.3 is 54.3 Å². The van der Waals surface area contributed by atoms with Crippen molar-refractivity contribution in [2.45, 2.75) is 75.1 Å². The van der Waals surface area contributed by atoms with Crippen LogP contribution in [0, 0.1) is 17.8 Å². The van der Waals surface area contributed by atoms with Gasteiger partial charge in [-0.25, -0.2) is 0 Å². The summed E-state index contributed by atoms with van der Waals surface area (Å²) < 4.78 is 27.6. The van der Waals surface area contributed by atoms with E-state index in [1.165, 1.54) is 6.26 Å². The van der Waals surface area contributed by atoms with E-state index in [1.807, 2.05) is 13.8 Å². The molecule has 0 bridgehead atoms. The highest BCUT2D eigenvalue weighted by atomic mass is 16.7. The molecule has 0 aromatic heterocycles. The van der Waals surface area contributed by atoms with E-state index in [2.05, 4.69) is 0 Å². The standard InChI is InChI=1S/C21H32O12/c1-8(2)3-11(24)32-19-13-12(17-18(33-17)21(13,28)7-23)9(5-29-19)6-30-20-16(27)15(26)14(25)10(4-22)31-20/h5,8,10,12-20,22-23,25-28H,3-4,6-7H2,1-2H3. The minimum Gasteiger partial charge on any atom is -0.462 e. The highest BCUT2D eigenvalue weighted by Crippen LogP contribution is 2.58. The van der Waals surface area contributed by atoms with Gasteiger partial charge in [0.15, 0.2) is 6.29 Å². The second-order valence-corrected chi connectivity index (χ2v) is 9.52. The Morgan fingerprint density at radius 3 is 2.48 bits per heavy atom. The maximum Gasteiger partial charge on any atom is 0.309 e. The van der Waals surface area contributed by atoms with Crippen LogP contribution in [0.25, 0.3) is 0 Å². The lowest BCUT2D eigenvalue weighted by atomic mass is 9.79. The molecule has 12 nitrogen and oxygen atoms in total. The van der Waals surface area contributed by atoms with Gasteiger partial charge in [0.1, 0.15) is 36.1 Å². The number of hydrogen-bond donors (Lipinski definition) is 6. The molecule has 3 heterocycles. The molecule has 2 saturated heterocycles. The fourth-order valence-electron chi connectivity index (χ4n) is 4.99. The first kappa shape index (κ1) is 24.8. The summed E-state index contributed by atoms with van der Waals surface area (Å²) in [6, 6.07) is 0. The van der Waals surface area contributed by atoms with Gasteiger partial charge in [-0.05, 0) is 11.5 Å². The third-order valence-electron chi connectivity index (χ3n) is 6.75. The molecule has 188 valence electrons. The summed E-state index contributed by atoms with van der Waals surface area (Å²) in [6.45, 7) is 2.33. The average molecular weight is 476 g/mol. The Balaban J connectivity index is 1.49. The van der Waals surface area contributed by atoms with Crippen molar-refractivity contribution >= 4 is 5.97 Å². The fourth-order valence-corrected chi connectivity index (χ4v) is 4.99. The van der Waals surface area contributed by atoms with Crippen LogP contribution in [0.1, 0.15) is 20.3 Å². The van der Waals surface area contributed by atoms with E-state index < -0.39 is 85.8 Å². The van der Waals surface area contributed by atoms with E-state index in [0.29, 0.717) is 5.57 Å². The summed E-state index contributed by atoms with van der Waals surface area (Å²) in [5.74, 6) is -1.76. The molecular weight excluding hydrogens is 444 g/mol. The lowest BCUT2D eigenvalue weighted by Gasteiger charge is -2.42. The third-order valence-corrected chi connectivity index (χ3v) is 6.75. The molecule has 4 rings (SSSR count). The summed E-state index contributed by atoms with van der Waals surface area (Å²) in [6.07, 6.45) is -7.90. The van der Waals surface area contributed by atoms with Gasteiger partial charge in [-0.15, -0.1) is 0 Å². The van der Waals surface area contributed by atoms with Gasteiger partial charge >= 0.3 is 5.97 Å². The number of epoxide rings is 1. The Bertz CT molecular complexity index is 756. The van der Waals surface area contributed by atoms with Crippen LogP contribution in [0.3, 0.4) is 0 Å². The van der Waals surface area contributed by atoms with Crippen molar-refractivity contribution in [2.75, 3.05) is 19.8 Å². The zero-order chi connectivity index (χ0) is 24.1. The maximum atomic E-state index is 12.2. The van der Waals surface area contributed by atoms with Crippen LogP contribution >= 0.6 is 0 Å². The van der Waals surface area contributed by atoms with Gasteiger partial charge in [-0.2, -0.15) is 0 Å². The van der Waals surface area contributed by atoms with E-state index in [0.717, 1.165) is 0 Å². The molecule has 33 heavy (non-hydrogen) atoms. The van der Waals surface area contributed by atoms with Crippen LogP contribution in [-0.2, 0) is 28.5 Å². The number of aliphatic hydroxyl groups excluding tert-OH is 5. The van der Waals surface area contributed by atoms with Crippen molar-refractivity contribution in [3.8, 4) is 0 Å². The van der Waals surface area contributed by atoms with Crippen molar-refractivity contribution in [3.05, 3.63) is 11.8 Å². The van der Waals surface area contributed by atoms with Crippen molar-refractivity contribution in [3.63, 3.8) is 0 Å². The summed E-state index contributed by atoms with van der Waals surface area (Å²) in [4.78, 5) is 12.2. The van der Waals surface area contributed by atoms with Gasteiger partial charge in [0.25, 0.3) is 0 Å². The van der Waals surface area contributed by atoms with Gasteiger partial charge in [0.05, 0.1) is 38.1 Å². The zero-order valence-corrected chi connectivity index (χ0v) is 18.4. The first-order valence-corrected chi connectivity index (χ1v) is 11.1. The monoisotopic (exact) mass is 476 g/mol. The number of rotatable bonds is 8. The second kappa shape index (κ2) is 9.36. The summed E-state index contributed by atoms with van der Waals surface area (Å²) in [7, 11) is 0. The molecule has 11 unspecified atom stereocenters. The molecular formula is C21H32O12. The number of fused-ring (bicyclic) bond motifs is 3. The number of ether oxygens (including phenoxy) is 5. The van der Waals surface area contributed by atoms with Gasteiger partial charge in [0.2, 0.25) is 6.29 Å². The van der Waals surface area contributed by atoms with Crippen LogP contribution in [0.15, 0.2) is 11.8 Å². The highest BCUT2D eigenvalue weighted by Gasteiger charge is 2.74. The topological polar surface area (TPSA) is 188 Å². The predicted molar refractivity (Wildman–Crippen MR) is 106 cm³/mol. The molecule has 0 radical (unpaired) electrons. The largest absolute Gasteiger partial charge is 0.462 e. The summed E-state index contributed by atoms with van der Waals surface area (Å²) in [5.41, 5.74) is -1.19. The highest BCUT2D eigenvalue weighted by molar-refractivity contribution is 5.69. The van der Waals surface area contributed by atoms with E-state index in [4.69, 9.17) is 23.7 Å². The number of hydrogen-bond acceptors (Lipinski definition) is 12. The first-order valence-electron chi connectivity index (χ1n) is 11.1. The molecule has 0 aromatic rings. The lowest BCUT2D eigenvalue weighted by Crippen LogP contribution is -2.59. The number of aliphatic hydroxyl groups is 6. The fraction of sp³-hybridized carbons (Fsp3) is 0.857. The average Bonchev–Trinajstić information content (AvgIpc) is 3.53. The molecule has 4 aliphatic rings. The maximum absolute atomic E-state index is 12.2. The van der Waals surface area contributed by atoms with E-state index in [1.54, 1.807) is 0 Å². The molecule has 0 spiro atoms. The van der Waals surface area contributed by atoms with Crippen molar-refractivity contribution in [2.24, 2.45) is 17.8 Å². The smallest absolute Gasteiger partial charge is 0.309 e. The van der Waals surface area contributed by atoms with Crippen LogP contribution in [-0.4, -0.2) is 111 Å². The third kappa shape index (κ3) is 4.40. The molecule has 3 aliphatic heterocycles. The summed E-state index contributed by atoms with van der Waals surface area (Å²) >= 11 is 0.